The van der Waals surface area contributed by atoms with Crippen LogP contribution in [-0.4, -0.2) is 15.7 Å². The summed E-state index contributed by atoms with van der Waals surface area (Å²) in [6, 6.07) is 0. The van der Waals surface area contributed by atoms with Crippen molar-refractivity contribution in [1.82, 2.24) is 9.38 Å². The first kappa shape index (κ1) is 7.00. The van der Waals surface area contributed by atoms with Crippen LogP contribution in [0.3, 0.4) is 0 Å². The Hall–Kier alpha value is -0.680. The molecule has 0 aliphatic rings. The molecule has 0 radical (unpaired) electrons. The molecule has 0 saturated carbocycles. The number of aromatic nitrogens is 2. The summed E-state index contributed by atoms with van der Waals surface area (Å²) >= 11 is 4.69. The molecule has 0 spiro atoms. The first-order valence-corrected chi connectivity index (χ1v) is 4.56. The number of imidazole rings is 1. The zero-order valence-electron chi connectivity index (χ0n) is 5.32. The molecular formula is C6H3BrN2OS. The van der Waals surface area contributed by atoms with Crippen molar-refractivity contribution in [2.75, 3.05) is 0 Å². The summed E-state index contributed by atoms with van der Waals surface area (Å²) in [4.78, 5) is 15.5. The lowest BCUT2D eigenvalue weighted by molar-refractivity contribution is 0.111. The van der Waals surface area contributed by atoms with E-state index in [1.54, 1.807) is 4.40 Å². The highest BCUT2D eigenvalue weighted by Crippen LogP contribution is 2.19. The molecule has 0 amide bonds. The quantitative estimate of drug-likeness (QED) is 0.703. The van der Waals surface area contributed by atoms with Crippen molar-refractivity contribution < 1.29 is 4.79 Å². The predicted molar refractivity (Wildman–Crippen MR) is 46.2 cm³/mol. The third-order valence-corrected chi connectivity index (χ3v) is 2.71. The third-order valence-electron chi connectivity index (χ3n) is 1.37. The minimum absolute atomic E-state index is 0.571. The highest BCUT2D eigenvalue weighted by molar-refractivity contribution is 9.10. The van der Waals surface area contributed by atoms with E-state index in [-0.39, 0.29) is 0 Å². The summed E-state index contributed by atoms with van der Waals surface area (Å²) in [7, 11) is 0. The smallest absolute Gasteiger partial charge is 0.195 e. The number of carbonyl (C=O) groups excluding carboxylic acids is 1. The molecule has 56 valence electrons. The molecule has 11 heavy (non-hydrogen) atoms. The predicted octanol–water partition coefficient (Wildman–Crippen LogP) is 1.97. The van der Waals surface area contributed by atoms with Crippen LogP contribution in [0.2, 0.25) is 0 Å². The molecule has 2 aromatic heterocycles. The molecule has 0 aliphatic carbocycles. The minimum Gasteiger partial charge on any atom is -0.296 e. The van der Waals surface area contributed by atoms with Crippen LogP contribution >= 0.6 is 27.3 Å². The van der Waals surface area contributed by atoms with E-state index in [2.05, 4.69) is 20.9 Å². The number of rotatable bonds is 1. The molecule has 0 aromatic carbocycles. The van der Waals surface area contributed by atoms with E-state index in [4.69, 9.17) is 0 Å². The third kappa shape index (κ3) is 0.918. The zero-order valence-corrected chi connectivity index (χ0v) is 7.72. The van der Waals surface area contributed by atoms with E-state index in [0.29, 0.717) is 10.3 Å². The van der Waals surface area contributed by atoms with Gasteiger partial charge in [-0.25, -0.2) is 4.98 Å². The van der Waals surface area contributed by atoms with Crippen LogP contribution in [0.25, 0.3) is 4.96 Å². The molecule has 5 heteroatoms. The molecule has 0 unspecified atom stereocenters. The molecule has 3 nitrogen and oxygen atoms in total. The van der Waals surface area contributed by atoms with Crippen LogP contribution in [-0.2, 0) is 0 Å². The molecule has 0 atom stereocenters. The van der Waals surface area contributed by atoms with E-state index >= 15 is 0 Å². The first-order chi connectivity index (χ1) is 5.33. The van der Waals surface area contributed by atoms with Gasteiger partial charge < -0.3 is 0 Å². The fourth-order valence-corrected chi connectivity index (χ4v) is 2.17. The van der Waals surface area contributed by atoms with Gasteiger partial charge in [0.15, 0.2) is 11.2 Å². The fourth-order valence-electron chi connectivity index (χ4n) is 0.882. The lowest BCUT2D eigenvalue weighted by Gasteiger charge is -1.83. The lowest BCUT2D eigenvalue weighted by Crippen LogP contribution is -1.85. The summed E-state index contributed by atoms with van der Waals surface area (Å²) < 4.78 is 2.36. The van der Waals surface area contributed by atoms with Gasteiger partial charge in [0.25, 0.3) is 0 Å². The molecule has 0 fully saturated rings. The second-order valence-electron chi connectivity index (χ2n) is 1.96. The Labute approximate surface area is 74.8 Å². The Balaban J connectivity index is 2.90. The van der Waals surface area contributed by atoms with Crippen LogP contribution < -0.4 is 0 Å². The van der Waals surface area contributed by atoms with Gasteiger partial charge in [0.2, 0.25) is 0 Å². The molecule has 0 aliphatic heterocycles. The average molecular weight is 231 g/mol. The maximum Gasteiger partial charge on any atom is 0.195 e. The summed E-state index contributed by atoms with van der Waals surface area (Å²) in [6.45, 7) is 0. The van der Waals surface area contributed by atoms with Crippen molar-refractivity contribution >= 4 is 38.5 Å². The van der Waals surface area contributed by atoms with Crippen molar-refractivity contribution in [2.24, 2.45) is 0 Å². The maximum atomic E-state index is 10.5. The van der Waals surface area contributed by atoms with Gasteiger partial charge in [-0.3, -0.25) is 9.20 Å². The number of thiazole rings is 1. The van der Waals surface area contributed by atoms with Crippen LogP contribution in [0.15, 0.2) is 16.2 Å². The van der Waals surface area contributed by atoms with Crippen molar-refractivity contribution in [3.05, 3.63) is 21.9 Å². The standard InChI is InChI=1S/C6H3BrN2OS/c7-5-4(3-10)9-1-2-11-6(9)8-5/h1-3H. The van der Waals surface area contributed by atoms with Crippen LogP contribution in [0.5, 0.6) is 0 Å². The number of aldehydes is 1. The molecule has 2 rings (SSSR count). The molecule has 0 bridgehead atoms. The Bertz CT molecular complexity index is 406. The molecule has 0 saturated heterocycles. The fraction of sp³-hybridized carbons (Fsp3) is 0. The van der Waals surface area contributed by atoms with Crippen molar-refractivity contribution in [2.45, 2.75) is 0 Å². The van der Waals surface area contributed by atoms with E-state index in [1.807, 2.05) is 11.6 Å². The Morgan fingerprint density at radius 2 is 2.55 bits per heavy atom. The Morgan fingerprint density at radius 1 is 1.73 bits per heavy atom. The van der Waals surface area contributed by atoms with Gasteiger partial charge in [0, 0.05) is 11.6 Å². The van der Waals surface area contributed by atoms with Gasteiger partial charge in [-0.1, -0.05) is 0 Å². The highest BCUT2D eigenvalue weighted by Gasteiger charge is 2.08. The second kappa shape index (κ2) is 2.42. The Morgan fingerprint density at radius 3 is 3.27 bits per heavy atom. The van der Waals surface area contributed by atoms with Crippen molar-refractivity contribution in [1.29, 1.82) is 0 Å². The van der Waals surface area contributed by atoms with E-state index in [0.717, 1.165) is 11.2 Å². The lowest BCUT2D eigenvalue weighted by atomic mass is 10.5. The van der Waals surface area contributed by atoms with Crippen molar-refractivity contribution in [3.8, 4) is 0 Å². The van der Waals surface area contributed by atoms with E-state index in [9.17, 15) is 4.79 Å². The molecule has 0 N–H and O–H groups in total. The van der Waals surface area contributed by atoms with Crippen LogP contribution in [0.1, 0.15) is 10.5 Å². The van der Waals surface area contributed by atoms with Gasteiger partial charge in [-0.2, -0.15) is 0 Å². The monoisotopic (exact) mass is 230 g/mol. The number of hydrogen-bond donors (Lipinski definition) is 0. The average Bonchev–Trinajstić information content (AvgIpc) is 2.46. The van der Waals surface area contributed by atoms with Crippen LogP contribution in [0, 0.1) is 0 Å². The van der Waals surface area contributed by atoms with Gasteiger partial charge in [-0.15, -0.1) is 11.3 Å². The van der Waals surface area contributed by atoms with Gasteiger partial charge >= 0.3 is 0 Å². The van der Waals surface area contributed by atoms with Gasteiger partial charge in [-0.05, 0) is 15.9 Å². The zero-order chi connectivity index (χ0) is 7.84. The minimum atomic E-state index is 0.571. The number of nitrogens with zero attached hydrogens (tertiary/aromatic N) is 2. The maximum absolute atomic E-state index is 10.5. The van der Waals surface area contributed by atoms with Gasteiger partial charge in [0.1, 0.15) is 10.3 Å². The first-order valence-electron chi connectivity index (χ1n) is 2.89. The largest absolute Gasteiger partial charge is 0.296 e. The molecular weight excluding hydrogens is 228 g/mol. The van der Waals surface area contributed by atoms with E-state index < -0.39 is 0 Å². The summed E-state index contributed by atoms with van der Waals surface area (Å²) in [5.41, 5.74) is 0.571. The number of fused-ring (bicyclic) bond motifs is 1. The summed E-state index contributed by atoms with van der Waals surface area (Å²) in [6.07, 6.45) is 2.61. The summed E-state index contributed by atoms with van der Waals surface area (Å²) in [5.74, 6) is 0. The van der Waals surface area contributed by atoms with Crippen LogP contribution in [0.4, 0.5) is 0 Å². The number of carbonyl (C=O) groups is 1. The summed E-state index contributed by atoms with van der Waals surface area (Å²) in [5, 5.41) is 1.89. The topological polar surface area (TPSA) is 34.4 Å². The second-order valence-corrected chi connectivity index (χ2v) is 3.59. The normalized spacial score (nSPS) is 10.6. The molecule has 2 heterocycles. The van der Waals surface area contributed by atoms with Gasteiger partial charge in [0.05, 0.1) is 0 Å². The highest BCUT2D eigenvalue weighted by atomic mass is 79.9. The van der Waals surface area contributed by atoms with Crippen molar-refractivity contribution in [3.63, 3.8) is 0 Å². The van der Waals surface area contributed by atoms with E-state index in [1.165, 1.54) is 11.3 Å². The number of halogens is 1. The Kier molecular flexibility index (Phi) is 1.54. The SMILES string of the molecule is O=Cc1c(Br)nc2sccn12. The number of hydrogen-bond acceptors (Lipinski definition) is 3. The molecule has 2 aromatic rings.